The molecule has 1 aromatic heterocycles. The normalized spacial score (nSPS) is 16.4. The molecule has 0 fully saturated rings. The van der Waals surface area contributed by atoms with Crippen LogP contribution in [0.25, 0.3) is 28.0 Å². The zero-order chi connectivity index (χ0) is 26.0. The molecule has 184 valence electrons. The topological polar surface area (TPSA) is 153 Å². The van der Waals surface area contributed by atoms with Gasteiger partial charge in [0.2, 0.25) is 0 Å². The minimum absolute atomic E-state index is 0.110. The van der Waals surface area contributed by atoms with Gasteiger partial charge in [0.25, 0.3) is 0 Å². The molecule has 1 aliphatic rings. The molecule has 0 bridgehead atoms. The van der Waals surface area contributed by atoms with Crippen LogP contribution >= 0.6 is 0 Å². The summed E-state index contributed by atoms with van der Waals surface area (Å²) < 4.78 is 2.12. The van der Waals surface area contributed by atoms with E-state index in [0.29, 0.717) is 29.2 Å². The first-order chi connectivity index (χ1) is 17.1. The van der Waals surface area contributed by atoms with Crippen molar-refractivity contribution in [2.45, 2.75) is 45.6 Å². The number of benzene rings is 2. The van der Waals surface area contributed by atoms with E-state index in [1.807, 2.05) is 30.3 Å². The van der Waals surface area contributed by atoms with Crippen LogP contribution in [0.1, 0.15) is 51.2 Å². The Morgan fingerprint density at radius 2 is 1.86 bits per heavy atom. The van der Waals surface area contributed by atoms with Crippen LogP contribution in [0.4, 0.5) is 0 Å². The van der Waals surface area contributed by atoms with Crippen molar-refractivity contribution in [2.75, 3.05) is 0 Å². The number of imidazole rings is 1. The van der Waals surface area contributed by atoms with Crippen molar-refractivity contribution < 1.29 is 9.59 Å². The van der Waals surface area contributed by atoms with Gasteiger partial charge >= 0.3 is 11.8 Å². The van der Waals surface area contributed by atoms with Gasteiger partial charge in [-0.3, -0.25) is 15.0 Å². The van der Waals surface area contributed by atoms with E-state index in [-0.39, 0.29) is 11.4 Å². The van der Waals surface area contributed by atoms with E-state index in [1.54, 1.807) is 18.3 Å². The first-order valence-corrected chi connectivity index (χ1v) is 11.7. The Bertz CT molecular complexity index is 1470. The molecule has 9 nitrogen and oxygen atoms in total. The van der Waals surface area contributed by atoms with E-state index in [2.05, 4.69) is 41.4 Å². The second-order valence-corrected chi connectivity index (χ2v) is 9.61. The lowest BCUT2D eigenvalue weighted by Crippen LogP contribution is -2.26. The number of aliphatic imine (C=N–C) groups is 2. The molecule has 2 aromatic carbocycles. The van der Waals surface area contributed by atoms with Crippen LogP contribution in [0.3, 0.4) is 0 Å². The van der Waals surface area contributed by atoms with Crippen LogP contribution in [0.2, 0.25) is 0 Å². The number of carbonyl (C=O) groups is 2. The van der Waals surface area contributed by atoms with Crippen LogP contribution in [-0.4, -0.2) is 39.3 Å². The van der Waals surface area contributed by atoms with Gasteiger partial charge in [-0.25, -0.2) is 9.98 Å². The lowest BCUT2D eigenvalue weighted by molar-refractivity contribution is -0.135. The largest absolute Gasteiger partial charge is 0.383 e. The smallest absolute Gasteiger partial charge is 0.336 e. The summed E-state index contributed by atoms with van der Waals surface area (Å²) in [5.74, 6) is -1.37. The molecule has 0 saturated carbocycles. The fraction of sp³-hybridized carbons (Fsp3) is 0.259. The Hall–Kier alpha value is -4.40. The first-order valence-electron chi connectivity index (χ1n) is 11.7. The SMILES string of the molecule is CC(C)(C)n1c(-c2ccccc2C(N)=NC(=O)C(N)=O)nc2cc(/C3=C/CCCC(=N)N=C3)ccc21. The highest BCUT2D eigenvalue weighted by molar-refractivity contribution is 6.37. The number of nitrogens with one attached hydrogen (secondary N) is 1. The highest BCUT2D eigenvalue weighted by atomic mass is 16.2. The Labute approximate surface area is 209 Å². The average molecular weight is 484 g/mol. The molecular weight excluding hydrogens is 454 g/mol. The van der Waals surface area contributed by atoms with E-state index in [9.17, 15) is 9.59 Å². The predicted molar refractivity (Wildman–Crippen MR) is 143 cm³/mol. The lowest BCUT2D eigenvalue weighted by atomic mass is 10.0. The minimum Gasteiger partial charge on any atom is -0.383 e. The van der Waals surface area contributed by atoms with Gasteiger partial charge in [0, 0.05) is 29.3 Å². The second kappa shape index (κ2) is 9.69. The van der Waals surface area contributed by atoms with Crippen LogP contribution in [0.15, 0.2) is 58.5 Å². The van der Waals surface area contributed by atoms with Gasteiger partial charge in [0.1, 0.15) is 17.5 Å². The van der Waals surface area contributed by atoms with E-state index in [1.165, 1.54) is 0 Å². The van der Waals surface area contributed by atoms with E-state index < -0.39 is 11.8 Å². The summed E-state index contributed by atoms with van der Waals surface area (Å²) in [7, 11) is 0. The highest BCUT2D eigenvalue weighted by Crippen LogP contribution is 2.34. The van der Waals surface area contributed by atoms with Gasteiger partial charge in [-0.1, -0.05) is 36.4 Å². The van der Waals surface area contributed by atoms with Crippen molar-refractivity contribution in [2.24, 2.45) is 21.5 Å². The Kier molecular flexibility index (Phi) is 6.65. The zero-order valence-corrected chi connectivity index (χ0v) is 20.6. The number of allylic oxidation sites excluding steroid dienone is 2. The number of amides is 2. The van der Waals surface area contributed by atoms with Crippen molar-refractivity contribution in [1.82, 2.24) is 9.55 Å². The van der Waals surface area contributed by atoms with Crippen LogP contribution < -0.4 is 11.5 Å². The van der Waals surface area contributed by atoms with Crippen molar-refractivity contribution in [1.29, 1.82) is 5.41 Å². The summed E-state index contributed by atoms with van der Waals surface area (Å²) in [6, 6.07) is 13.3. The number of amidine groups is 2. The quantitative estimate of drug-likeness (QED) is 0.295. The molecule has 3 aromatic rings. The number of hydrogen-bond donors (Lipinski definition) is 3. The van der Waals surface area contributed by atoms with Crippen molar-refractivity contribution >= 4 is 46.3 Å². The molecule has 0 atom stereocenters. The molecule has 4 rings (SSSR count). The molecular formula is C27H29N7O2. The van der Waals surface area contributed by atoms with Gasteiger partial charge in [-0.15, -0.1) is 0 Å². The van der Waals surface area contributed by atoms with Gasteiger partial charge in [-0.2, -0.15) is 4.99 Å². The standard InChI is InChI=1S/C27H29N7O2/c1-27(2,3)34-21-13-12-16(17-8-4-7-11-22(28)31-15-17)14-20(21)32-25(34)19-10-6-5-9-18(19)23(29)33-26(36)24(30)35/h5-6,8-10,12-15,28H,4,7,11H2,1-3H3,(H2,30,35)(H2,29,33,36)/b17-8+,28-22?,31-15?. The van der Waals surface area contributed by atoms with E-state index in [4.69, 9.17) is 21.9 Å². The molecule has 0 saturated heterocycles. The Morgan fingerprint density at radius 1 is 1.11 bits per heavy atom. The molecule has 5 N–H and O–H groups in total. The molecule has 0 radical (unpaired) electrons. The molecule has 0 aliphatic carbocycles. The summed E-state index contributed by atoms with van der Waals surface area (Å²) in [6.45, 7) is 6.24. The third-order valence-electron chi connectivity index (χ3n) is 5.88. The predicted octanol–water partition coefficient (Wildman–Crippen LogP) is 3.79. The van der Waals surface area contributed by atoms with Crippen LogP contribution in [0, 0.1) is 5.41 Å². The maximum atomic E-state index is 11.8. The Balaban J connectivity index is 1.90. The maximum absolute atomic E-state index is 11.8. The molecule has 9 heteroatoms. The number of primary amides is 1. The molecule has 36 heavy (non-hydrogen) atoms. The number of hydrogen-bond acceptors (Lipinski definition) is 4. The second-order valence-electron chi connectivity index (χ2n) is 9.61. The third kappa shape index (κ3) is 5.00. The summed E-state index contributed by atoms with van der Waals surface area (Å²) in [6.07, 6.45) is 6.32. The number of nitrogens with zero attached hydrogens (tertiary/aromatic N) is 4. The molecule has 1 aliphatic heterocycles. The summed E-state index contributed by atoms with van der Waals surface area (Å²) in [4.78, 5) is 36.0. The van der Waals surface area contributed by atoms with Gasteiger partial charge in [-0.05, 0) is 56.9 Å². The van der Waals surface area contributed by atoms with Crippen LogP contribution in [0.5, 0.6) is 0 Å². The Morgan fingerprint density at radius 3 is 2.58 bits per heavy atom. The molecule has 0 spiro atoms. The monoisotopic (exact) mass is 483 g/mol. The van der Waals surface area contributed by atoms with Gasteiger partial charge in [0.15, 0.2) is 0 Å². The van der Waals surface area contributed by atoms with Gasteiger partial charge < -0.3 is 16.0 Å². The fourth-order valence-corrected chi connectivity index (χ4v) is 4.23. The fourth-order valence-electron chi connectivity index (χ4n) is 4.23. The molecule has 0 unspecified atom stereocenters. The van der Waals surface area contributed by atoms with Crippen molar-refractivity contribution in [3.05, 3.63) is 59.7 Å². The maximum Gasteiger partial charge on any atom is 0.336 e. The third-order valence-corrected chi connectivity index (χ3v) is 5.88. The summed E-state index contributed by atoms with van der Waals surface area (Å²) in [5.41, 5.74) is 15.6. The molecule has 2 heterocycles. The number of rotatable bonds is 3. The zero-order valence-electron chi connectivity index (χ0n) is 20.6. The van der Waals surface area contributed by atoms with Crippen LogP contribution in [-0.2, 0) is 15.1 Å². The summed E-state index contributed by atoms with van der Waals surface area (Å²) >= 11 is 0. The number of carbonyl (C=O) groups excluding carboxylic acids is 2. The van der Waals surface area contributed by atoms with Crippen molar-refractivity contribution in [3.8, 4) is 11.4 Å². The van der Waals surface area contributed by atoms with Gasteiger partial charge in [0.05, 0.1) is 11.0 Å². The molecule has 2 amide bonds. The number of aromatic nitrogens is 2. The number of fused-ring (bicyclic) bond motifs is 1. The van der Waals surface area contributed by atoms with E-state index >= 15 is 0 Å². The average Bonchev–Trinajstić information content (AvgIpc) is 3.21. The lowest BCUT2D eigenvalue weighted by Gasteiger charge is -2.25. The van der Waals surface area contributed by atoms with E-state index in [0.717, 1.165) is 35.0 Å². The number of nitrogens with two attached hydrogens (primary N) is 2. The van der Waals surface area contributed by atoms with Crippen molar-refractivity contribution in [3.63, 3.8) is 0 Å². The first kappa shape index (κ1) is 24.7. The summed E-state index contributed by atoms with van der Waals surface area (Å²) in [5, 5.41) is 7.92. The minimum atomic E-state index is -1.17. The highest BCUT2D eigenvalue weighted by Gasteiger charge is 2.25.